The van der Waals surface area contributed by atoms with E-state index in [1.54, 1.807) is 66.7 Å². The van der Waals surface area contributed by atoms with Gasteiger partial charge in [0, 0.05) is 49.2 Å². The van der Waals surface area contributed by atoms with Crippen LogP contribution in [-0.2, 0) is 61.9 Å². The van der Waals surface area contributed by atoms with E-state index in [-0.39, 0.29) is 59.8 Å². The van der Waals surface area contributed by atoms with E-state index in [0.29, 0.717) is 5.75 Å². The Labute approximate surface area is 453 Å². The van der Waals surface area contributed by atoms with Crippen molar-refractivity contribution in [1.82, 2.24) is 5.32 Å². The van der Waals surface area contributed by atoms with Gasteiger partial charge in [-0.2, -0.15) is 0 Å². The molecule has 3 aromatic carbocycles. The topological polar surface area (TPSA) is 289 Å². The summed E-state index contributed by atoms with van der Waals surface area (Å²) < 4.78 is 47.2. The van der Waals surface area contributed by atoms with E-state index in [0.717, 1.165) is 13.8 Å². The summed E-state index contributed by atoms with van der Waals surface area (Å²) in [5, 5.41) is 29.0. The molecule has 2 bridgehead atoms. The zero-order valence-corrected chi connectivity index (χ0v) is 45.3. The van der Waals surface area contributed by atoms with Crippen LogP contribution in [0.3, 0.4) is 0 Å². The number of nitrogens with one attached hydrogen (secondary N) is 1. The van der Waals surface area contributed by atoms with Gasteiger partial charge in [-0.15, -0.1) is 0 Å². The fourth-order valence-corrected chi connectivity index (χ4v) is 12.7. The molecule has 0 unspecified atom stereocenters. The highest BCUT2D eigenvalue weighted by atomic mass is 33.1. The van der Waals surface area contributed by atoms with Gasteiger partial charge < -0.3 is 59.2 Å². The lowest BCUT2D eigenvalue weighted by Gasteiger charge is -2.67. The monoisotopic (exact) mass is 1100 g/mol. The number of aliphatic hydroxyl groups excluding tert-OH is 1. The number of Topliss-reactive ketones (excluding diaryl/α,β-unsaturated/α-hetero) is 1. The maximum absolute atomic E-state index is 15.8. The maximum Gasteiger partial charge on any atom is 0.509 e. The fraction of sp³-hybridized carbons (Fsp3) is 0.491. The molecular weight excluding hydrogens is 1040 g/mol. The predicted molar refractivity (Wildman–Crippen MR) is 277 cm³/mol. The number of esters is 5. The number of hydrogen-bond acceptors (Lipinski definition) is 21. The Hall–Kier alpha value is -6.30. The summed E-state index contributed by atoms with van der Waals surface area (Å²) in [4.78, 5) is 111. The van der Waals surface area contributed by atoms with Crippen LogP contribution in [0.2, 0.25) is 0 Å². The van der Waals surface area contributed by atoms with Crippen LogP contribution in [0.1, 0.15) is 93.6 Å². The molecule has 5 N–H and O–H groups in total. The molecule has 12 atom stereocenters. The summed E-state index contributed by atoms with van der Waals surface area (Å²) in [6.07, 6.45) is -12.4. The molecule has 1 aliphatic heterocycles. The summed E-state index contributed by atoms with van der Waals surface area (Å²) in [6.45, 7) is 9.16. The highest BCUT2D eigenvalue weighted by Gasteiger charge is 2.78. The van der Waals surface area contributed by atoms with Crippen LogP contribution in [0.25, 0.3) is 0 Å². The lowest BCUT2D eigenvalue weighted by molar-refractivity contribution is -0.346. The molecule has 20 nitrogen and oxygen atoms in total. The highest BCUT2D eigenvalue weighted by molar-refractivity contribution is 8.76. The van der Waals surface area contributed by atoms with Crippen molar-refractivity contribution in [3.8, 4) is 0 Å². The molecule has 2 saturated carbocycles. The third kappa shape index (κ3) is 11.9. The molecule has 3 aromatic rings. The number of rotatable bonds is 19. The van der Waals surface area contributed by atoms with Crippen LogP contribution in [0.4, 0.5) is 4.79 Å². The highest BCUT2D eigenvalue weighted by Crippen LogP contribution is 2.64. The van der Waals surface area contributed by atoms with Gasteiger partial charge in [0.05, 0.1) is 29.6 Å². The Kier molecular flexibility index (Phi) is 18.3. The predicted octanol–water partition coefficient (Wildman–Crippen LogP) is 5.17. The van der Waals surface area contributed by atoms with E-state index in [1.165, 1.54) is 80.5 Å². The summed E-state index contributed by atoms with van der Waals surface area (Å²) in [5.41, 5.74) is -2.15. The van der Waals surface area contributed by atoms with Gasteiger partial charge >= 0.3 is 36.0 Å². The van der Waals surface area contributed by atoms with E-state index in [1.807, 2.05) is 0 Å². The van der Waals surface area contributed by atoms with Crippen LogP contribution in [-0.4, -0.2) is 143 Å². The number of fused-ring (bicyclic) bond motifs is 5. The minimum atomic E-state index is -2.50. The molecule has 4 aliphatic rings. The first kappa shape index (κ1) is 58.4. The summed E-state index contributed by atoms with van der Waals surface area (Å²) in [7, 11) is 2.63. The van der Waals surface area contributed by atoms with Crippen molar-refractivity contribution in [2.24, 2.45) is 22.5 Å². The van der Waals surface area contributed by atoms with Crippen LogP contribution in [0.15, 0.2) is 102 Å². The van der Waals surface area contributed by atoms with Crippen molar-refractivity contribution in [2.45, 2.75) is 121 Å². The number of amides is 1. The zero-order chi connectivity index (χ0) is 56.0. The minimum absolute atomic E-state index is 0.0286. The summed E-state index contributed by atoms with van der Waals surface area (Å²) >= 11 is 0. The minimum Gasteiger partial charge on any atom is -0.464 e. The molecule has 3 fully saturated rings. The Morgan fingerprint density at radius 2 is 1.39 bits per heavy atom. The fourth-order valence-electron chi connectivity index (χ4n) is 11.0. The number of benzene rings is 3. The van der Waals surface area contributed by atoms with Gasteiger partial charge in [-0.3, -0.25) is 24.0 Å². The Morgan fingerprint density at radius 3 is 1.95 bits per heavy atom. The van der Waals surface area contributed by atoms with Crippen molar-refractivity contribution in [2.75, 3.05) is 31.3 Å². The quantitative estimate of drug-likeness (QED) is 0.0396. The Bertz CT molecular complexity index is 2730. The molecule has 0 spiro atoms. The molecule has 1 amide bonds. The normalized spacial score (nSPS) is 28.2. The molecule has 414 valence electrons. The molecule has 0 radical (unpaired) electrons. The molecule has 0 aromatic heterocycles. The van der Waals surface area contributed by atoms with Crippen LogP contribution < -0.4 is 11.1 Å². The zero-order valence-electron chi connectivity index (χ0n) is 43.6. The second-order valence-corrected chi connectivity index (χ2v) is 22.8. The molecule has 77 heavy (non-hydrogen) atoms. The van der Waals surface area contributed by atoms with E-state index in [9.17, 15) is 39.0 Å². The molecule has 7 rings (SSSR count). The average molecular weight is 1110 g/mol. The summed E-state index contributed by atoms with van der Waals surface area (Å²) in [6, 6.07) is 21.6. The van der Waals surface area contributed by atoms with Crippen LogP contribution >= 0.6 is 21.6 Å². The van der Waals surface area contributed by atoms with E-state index < -0.39 is 131 Å². The van der Waals surface area contributed by atoms with Crippen molar-refractivity contribution < 1.29 is 86.5 Å². The second-order valence-electron chi connectivity index (χ2n) is 20.1. The van der Waals surface area contributed by atoms with Crippen molar-refractivity contribution in [3.63, 3.8) is 0 Å². The lowest BCUT2D eigenvalue weighted by Crippen LogP contribution is -2.82. The SMILES string of the molecule is CC(=O)O[C@H]1C(=O)[C@@]2(C)[C@H]([C@H](OC(=O)c3ccccc3)[C@]3(O)C[C@H](OC(=O)[C@H](OC(=O)OCCSSCCOC(=O)[C@H](C)N)[C@@H](NC(=O)c4ccccc4)c4ccccc4)C(C)=C1C3(C)C)[C@]1(OC(C)=O)CO[C@@H]1C[C@@H]2O. The standard InChI is InChI=1S/C55H64N2O18S2/c1-30-37(72-50(65)43(73-51(66)69-24-26-77-76-25-23-68-48(63)31(2)56)41(34-17-11-8-12-18-34)57-47(62)35-19-13-9-14-20-35)28-55(67)46(74-49(64)36-21-15-10-16-22-36)44-53(7,38(60)27-39-54(44,29-70-39)75-33(4)59)45(61)42(71-32(3)58)40(30)52(55,5)6/h8-22,31,37-39,41-44,46,60,67H,23-29,56H2,1-7H3,(H,57,62)/t31-,37-,38-,39+,41-,42+,43+,44-,46-,53+,54-,55+/m0/s1. The largest absolute Gasteiger partial charge is 0.509 e. The number of hydrogen-bond donors (Lipinski definition) is 4. The molecular formula is C55H64N2O18S2. The number of ether oxygens (including phenoxy) is 8. The van der Waals surface area contributed by atoms with Gasteiger partial charge in [-0.05, 0) is 61.7 Å². The van der Waals surface area contributed by atoms with Crippen LogP contribution in [0.5, 0.6) is 0 Å². The third-order valence-electron chi connectivity index (χ3n) is 14.9. The summed E-state index contributed by atoms with van der Waals surface area (Å²) in [5.74, 6) is -7.14. The van der Waals surface area contributed by atoms with Crippen molar-refractivity contribution in [1.29, 1.82) is 0 Å². The second kappa shape index (κ2) is 24.2. The van der Waals surface area contributed by atoms with Gasteiger partial charge in [-0.1, -0.05) is 102 Å². The van der Waals surface area contributed by atoms with Gasteiger partial charge in [0.15, 0.2) is 17.5 Å². The molecule has 3 aliphatic carbocycles. The number of ketones is 1. The number of carbonyl (C=O) groups is 8. The molecule has 1 saturated heterocycles. The average Bonchev–Trinajstić information content (AvgIpc) is 3.59. The van der Waals surface area contributed by atoms with Crippen molar-refractivity contribution >= 4 is 69.3 Å². The third-order valence-corrected chi connectivity index (χ3v) is 17.3. The van der Waals surface area contributed by atoms with E-state index in [4.69, 9.17) is 43.6 Å². The van der Waals surface area contributed by atoms with Crippen LogP contribution in [0, 0.1) is 16.7 Å². The van der Waals surface area contributed by atoms with E-state index in [2.05, 4.69) is 5.32 Å². The Morgan fingerprint density at radius 1 is 0.805 bits per heavy atom. The molecule has 1 heterocycles. The van der Waals surface area contributed by atoms with Gasteiger partial charge in [0.1, 0.15) is 49.2 Å². The first-order valence-corrected chi connectivity index (χ1v) is 27.5. The van der Waals surface area contributed by atoms with Gasteiger partial charge in [0.2, 0.25) is 6.10 Å². The number of aliphatic hydroxyl groups is 2. The number of nitrogens with two attached hydrogens (primary N) is 1. The smallest absolute Gasteiger partial charge is 0.464 e. The van der Waals surface area contributed by atoms with E-state index >= 15 is 9.59 Å². The maximum atomic E-state index is 15.8. The number of carbonyl (C=O) groups excluding carboxylic acids is 8. The first-order valence-electron chi connectivity index (χ1n) is 25.0. The van der Waals surface area contributed by atoms with Gasteiger partial charge in [-0.25, -0.2) is 14.4 Å². The van der Waals surface area contributed by atoms with Gasteiger partial charge in [0.25, 0.3) is 5.91 Å². The lowest BCUT2D eigenvalue weighted by atomic mass is 9.44. The Balaban J connectivity index is 1.32. The first-order chi connectivity index (χ1) is 36.5. The van der Waals surface area contributed by atoms with Crippen molar-refractivity contribution in [3.05, 3.63) is 119 Å². The molecule has 22 heteroatoms.